The van der Waals surface area contributed by atoms with E-state index in [9.17, 15) is 18.0 Å². The molecule has 0 aromatic heterocycles. The Balaban J connectivity index is 1.52. The van der Waals surface area contributed by atoms with Gasteiger partial charge in [-0.2, -0.15) is 0 Å². The van der Waals surface area contributed by atoms with Crippen molar-refractivity contribution in [3.8, 4) is 0 Å². The van der Waals surface area contributed by atoms with Gasteiger partial charge in [-0.3, -0.25) is 10.2 Å². The summed E-state index contributed by atoms with van der Waals surface area (Å²) < 4.78 is 30.8. The first-order chi connectivity index (χ1) is 13.2. The summed E-state index contributed by atoms with van der Waals surface area (Å²) in [5.41, 5.74) is 1.86. The van der Waals surface area contributed by atoms with Gasteiger partial charge >= 0.3 is 5.97 Å². The number of hydrogen-bond donors (Lipinski definition) is 2. The SMILES string of the molecule is COC(=O)c1cc(Br)ccc1S(=O)(=O)NNC(=O)C12CC3CC(CC(C3)C1)C2. The monoisotopic (exact) mass is 470 g/mol. The molecule has 4 aliphatic carbocycles. The van der Waals surface area contributed by atoms with Crippen molar-refractivity contribution in [2.75, 3.05) is 7.11 Å². The Kier molecular flexibility index (Phi) is 5.04. The Labute approximate surface area is 172 Å². The standard InChI is InChI=1S/C19H23BrN2O5S/c1-27-17(23)15-7-14(20)2-3-16(15)28(25,26)22-21-18(24)19-8-11-4-12(9-19)6-13(5-11)10-19/h2-3,7,11-13,22H,4-6,8-10H2,1H3,(H,21,24). The van der Waals surface area contributed by atoms with Gasteiger partial charge in [0.1, 0.15) is 0 Å². The number of benzene rings is 1. The lowest BCUT2D eigenvalue weighted by atomic mass is 9.49. The highest BCUT2D eigenvalue weighted by molar-refractivity contribution is 9.10. The van der Waals surface area contributed by atoms with E-state index in [2.05, 4.69) is 30.9 Å². The second kappa shape index (κ2) is 7.11. The number of nitrogens with one attached hydrogen (secondary N) is 2. The fourth-order valence-corrected chi connectivity index (χ4v) is 7.07. The minimum atomic E-state index is -4.13. The third-order valence-corrected chi connectivity index (χ3v) is 8.25. The van der Waals surface area contributed by atoms with Crippen molar-refractivity contribution in [2.24, 2.45) is 23.2 Å². The van der Waals surface area contributed by atoms with Crippen LogP contribution in [0.3, 0.4) is 0 Å². The summed E-state index contributed by atoms with van der Waals surface area (Å²) in [6, 6.07) is 4.19. The Morgan fingerprint density at radius 3 is 2.21 bits per heavy atom. The highest BCUT2D eigenvalue weighted by atomic mass is 79.9. The van der Waals surface area contributed by atoms with Crippen LogP contribution < -0.4 is 10.3 Å². The van der Waals surface area contributed by atoms with E-state index in [0.29, 0.717) is 22.2 Å². The zero-order valence-electron chi connectivity index (χ0n) is 15.5. The molecule has 4 fully saturated rings. The second-order valence-corrected chi connectivity index (χ2v) is 11.0. The van der Waals surface area contributed by atoms with Crippen molar-refractivity contribution < 1.29 is 22.7 Å². The van der Waals surface area contributed by atoms with Crippen LogP contribution in [0.5, 0.6) is 0 Å². The van der Waals surface area contributed by atoms with Gasteiger partial charge in [0.05, 0.1) is 23.0 Å². The summed E-state index contributed by atoms with van der Waals surface area (Å²) in [6.07, 6.45) is 6.08. The van der Waals surface area contributed by atoms with Crippen LogP contribution in [0.2, 0.25) is 0 Å². The minimum Gasteiger partial charge on any atom is -0.465 e. The summed E-state index contributed by atoms with van der Waals surface area (Å²) in [4.78, 5) is 26.9. The molecule has 0 aliphatic heterocycles. The predicted molar refractivity (Wildman–Crippen MR) is 105 cm³/mol. The highest BCUT2D eigenvalue weighted by Gasteiger charge is 2.54. The average Bonchev–Trinajstić information content (AvgIpc) is 2.64. The maximum atomic E-state index is 13.0. The van der Waals surface area contributed by atoms with Crippen molar-refractivity contribution in [2.45, 2.75) is 43.4 Å². The summed E-state index contributed by atoms with van der Waals surface area (Å²) in [6.45, 7) is 0. The highest BCUT2D eigenvalue weighted by Crippen LogP contribution is 2.60. The van der Waals surface area contributed by atoms with Crippen molar-refractivity contribution in [3.63, 3.8) is 0 Å². The van der Waals surface area contributed by atoms with Gasteiger partial charge in [-0.05, 0) is 74.5 Å². The molecule has 0 saturated heterocycles. The lowest BCUT2D eigenvalue weighted by Gasteiger charge is -2.55. The Bertz CT molecular complexity index is 895. The molecule has 152 valence electrons. The lowest BCUT2D eigenvalue weighted by molar-refractivity contribution is -0.146. The maximum Gasteiger partial charge on any atom is 0.339 e. The molecule has 1 aromatic rings. The number of rotatable bonds is 5. The van der Waals surface area contributed by atoms with Crippen LogP contribution in [0.1, 0.15) is 48.9 Å². The van der Waals surface area contributed by atoms with Crippen LogP contribution in [-0.2, 0) is 19.6 Å². The van der Waals surface area contributed by atoms with Crippen molar-refractivity contribution in [1.82, 2.24) is 10.3 Å². The van der Waals surface area contributed by atoms with Gasteiger partial charge in [-0.25, -0.2) is 13.2 Å². The third kappa shape index (κ3) is 3.48. The summed E-state index contributed by atoms with van der Waals surface area (Å²) in [5.74, 6) is 0.698. The number of esters is 1. The van der Waals surface area contributed by atoms with E-state index >= 15 is 0 Å². The molecule has 0 heterocycles. The molecule has 4 bridgehead atoms. The lowest BCUT2D eigenvalue weighted by Crippen LogP contribution is -2.56. The number of sulfonamides is 1. The fourth-order valence-electron chi connectivity index (χ4n) is 5.70. The van der Waals surface area contributed by atoms with Crippen molar-refractivity contribution in [1.29, 1.82) is 0 Å². The molecule has 4 aliphatic rings. The van der Waals surface area contributed by atoms with Gasteiger partial charge in [0.15, 0.2) is 0 Å². The zero-order valence-corrected chi connectivity index (χ0v) is 17.9. The maximum absolute atomic E-state index is 13.0. The predicted octanol–water partition coefficient (Wildman–Crippen LogP) is 2.76. The molecular weight excluding hydrogens is 448 g/mol. The van der Waals surface area contributed by atoms with E-state index in [1.54, 1.807) is 0 Å². The number of amides is 1. The molecule has 1 amide bonds. The normalized spacial score (nSPS) is 30.9. The molecule has 5 rings (SSSR count). The van der Waals surface area contributed by atoms with Gasteiger partial charge in [0.2, 0.25) is 5.91 Å². The van der Waals surface area contributed by atoms with E-state index < -0.39 is 21.4 Å². The number of methoxy groups -OCH3 is 1. The van der Waals surface area contributed by atoms with E-state index in [1.165, 1.54) is 44.6 Å². The molecule has 0 radical (unpaired) electrons. The molecule has 1 aromatic carbocycles. The average molecular weight is 471 g/mol. The largest absolute Gasteiger partial charge is 0.465 e. The van der Waals surface area contributed by atoms with Crippen LogP contribution in [0.25, 0.3) is 0 Å². The Morgan fingerprint density at radius 2 is 1.68 bits per heavy atom. The van der Waals surface area contributed by atoms with E-state index in [-0.39, 0.29) is 16.4 Å². The summed E-state index contributed by atoms with van der Waals surface area (Å²) >= 11 is 3.22. The molecule has 2 N–H and O–H groups in total. The first kappa shape index (κ1) is 19.8. The molecular formula is C19H23BrN2O5S. The molecule has 7 nitrogen and oxygen atoms in total. The first-order valence-electron chi connectivity index (χ1n) is 9.42. The van der Waals surface area contributed by atoms with Gasteiger partial charge in [0.25, 0.3) is 10.0 Å². The van der Waals surface area contributed by atoms with E-state index in [4.69, 9.17) is 0 Å². The van der Waals surface area contributed by atoms with Gasteiger partial charge in [0, 0.05) is 4.47 Å². The molecule has 9 heteroatoms. The Morgan fingerprint density at radius 1 is 1.11 bits per heavy atom. The van der Waals surface area contributed by atoms with Crippen LogP contribution >= 0.6 is 15.9 Å². The van der Waals surface area contributed by atoms with Crippen LogP contribution in [0, 0.1) is 23.2 Å². The van der Waals surface area contributed by atoms with Gasteiger partial charge in [-0.1, -0.05) is 15.9 Å². The van der Waals surface area contributed by atoms with Crippen molar-refractivity contribution >= 4 is 37.8 Å². The molecule has 28 heavy (non-hydrogen) atoms. The summed E-state index contributed by atoms with van der Waals surface area (Å²) in [7, 11) is -2.95. The second-order valence-electron chi connectivity index (χ2n) is 8.39. The smallest absolute Gasteiger partial charge is 0.339 e. The van der Waals surface area contributed by atoms with Crippen LogP contribution in [0.4, 0.5) is 0 Å². The van der Waals surface area contributed by atoms with Crippen LogP contribution in [0.15, 0.2) is 27.6 Å². The number of carbonyl (C=O) groups is 2. The summed E-state index contributed by atoms with van der Waals surface area (Å²) in [5, 5.41) is 0. The number of halogens is 1. The topological polar surface area (TPSA) is 102 Å². The van der Waals surface area contributed by atoms with Crippen LogP contribution in [-0.4, -0.2) is 27.4 Å². The molecule has 0 spiro atoms. The fraction of sp³-hybridized carbons (Fsp3) is 0.579. The number of ether oxygens (including phenoxy) is 1. The zero-order chi connectivity index (χ0) is 20.1. The van der Waals surface area contributed by atoms with Gasteiger partial charge < -0.3 is 4.74 Å². The molecule has 4 saturated carbocycles. The van der Waals surface area contributed by atoms with Crippen molar-refractivity contribution in [3.05, 3.63) is 28.2 Å². The number of hydrogen-bond acceptors (Lipinski definition) is 5. The quantitative estimate of drug-likeness (QED) is 0.508. The molecule has 0 atom stereocenters. The third-order valence-electron chi connectivity index (χ3n) is 6.46. The minimum absolute atomic E-state index is 0.103. The molecule has 0 unspecified atom stereocenters. The first-order valence-corrected chi connectivity index (χ1v) is 11.7. The number of carbonyl (C=O) groups excluding carboxylic acids is 2. The Hall–Kier alpha value is -1.45. The van der Waals surface area contributed by atoms with E-state index in [0.717, 1.165) is 19.3 Å². The van der Waals surface area contributed by atoms with E-state index in [1.807, 2.05) is 0 Å². The van der Waals surface area contributed by atoms with Gasteiger partial charge in [-0.15, -0.1) is 4.83 Å². The number of hydrazine groups is 1.